The Hall–Kier alpha value is -3.35. The summed E-state index contributed by atoms with van der Waals surface area (Å²) >= 11 is 0. The highest BCUT2D eigenvalue weighted by atomic mass is 16.5. The predicted octanol–water partition coefficient (Wildman–Crippen LogP) is 2.46. The molecule has 29 heavy (non-hydrogen) atoms. The van der Waals surface area contributed by atoms with Crippen LogP contribution in [0.3, 0.4) is 0 Å². The molecule has 1 heterocycles. The predicted molar refractivity (Wildman–Crippen MR) is 111 cm³/mol. The van der Waals surface area contributed by atoms with E-state index in [0.717, 1.165) is 17.7 Å². The molecule has 0 saturated heterocycles. The Morgan fingerprint density at radius 3 is 2.59 bits per heavy atom. The third-order valence-electron chi connectivity index (χ3n) is 4.85. The van der Waals surface area contributed by atoms with E-state index in [9.17, 15) is 14.4 Å². The number of likely N-dealkylation sites (N-methyl/N-ethyl adjacent to an activating group) is 1. The average molecular weight is 395 g/mol. The molecule has 7 heteroatoms. The number of nitrogens with zero attached hydrogens (tertiary/aromatic N) is 2. The lowest BCUT2D eigenvalue weighted by Crippen LogP contribution is -2.49. The van der Waals surface area contributed by atoms with Gasteiger partial charge < -0.3 is 15.0 Å². The Morgan fingerprint density at radius 1 is 1.14 bits per heavy atom. The second-order valence-corrected chi connectivity index (χ2v) is 6.96. The normalized spacial score (nSPS) is 15.3. The van der Waals surface area contributed by atoms with Gasteiger partial charge in [-0.1, -0.05) is 37.3 Å². The minimum absolute atomic E-state index is 0.105. The van der Waals surface area contributed by atoms with Crippen LogP contribution in [0.5, 0.6) is 5.75 Å². The van der Waals surface area contributed by atoms with E-state index in [1.54, 1.807) is 32.2 Å². The maximum absolute atomic E-state index is 12.7. The summed E-state index contributed by atoms with van der Waals surface area (Å²) in [5, 5.41) is 2.85. The summed E-state index contributed by atoms with van der Waals surface area (Å²) in [5.41, 5.74) is 2.32. The zero-order valence-electron chi connectivity index (χ0n) is 16.8. The van der Waals surface area contributed by atoms with Crippen molar-refractivity contribution in [1.82, 2.24) is 4.90 Å². The number of benzene rings is 2. The highest BCUT2D eigenvalue weighted by molar-refractivity contribution is 6.04. The summed E-state index contributed by atoms with van der Waals surface area (Å²) in [6.07, 6.45) is 0.124. The monoisotopic (exact) mass is 395 g/mol. The second kappa shape index (κ2) is 8.77. The molecule has 1 aliphatic rings. The largest absolute Gasteiger partial charge is 0.479 e. The Balaban J connectivity index is 1.65. The van der Waals surface area contributed by atoms with Crippen LogP contribution in [0, 0.1) is 0 Å². The van der Waals surface area contributed by atoms with Crippen molar-refractivity contribution in [2.45, 2.75) is 26.4 Å². The van der Waals surface area contributed by atoms with Gasteiger partial charge in [-0.25, -0.2) is 0 Å². The topological polar surface area (TPSA) is 79.0 Å². The van der Waals surface area contributed by atoms with E-state index in [4.69, 9.17) is 4.74 Å². The maximum atomic E-state index is 12.7. The molecule has 0 aromatic heterocycles. The summed E-state index contributed by atoms with van der Waals surface area (Å²) in [6, 6.07) is 14.7. The number of carbonyl (C=O) groups excluding carboxylic acids is 3. The summed E-state index contributed by atoms with van der Waals surface area (Å²) in [5.74, 6) is -0.347. The number of ether oxygens (including phenoxy) is 1. The SMILES string of the molecule is CCc1ccccc1NC(=O)CN(C)C(=O)CN1C(=O)[C@@H](C)Oc2ccccc21. The third-order valence-corrected chi connectivity index (χ3v) is 4.85. The van der Waals surface area contributed by atoms with E-state index in [0.29, 0.717) is 11.4 Å². The van der Waals surface area contributed by atoms with E-state index < -0.39 is 6.10 Å². The lowest BCUT2D eigenvalue weighted by molar-refractivity contribution is -0.134. The fourth-order valence-corrected chi connectivity index (χ4v) is 3.22. The smallest absolute Gasteiger partial charge is 0.268 e. The first-order valence-corrected chi connectivity index (χ1v) is 9.59. The van der Waals surface area contributed by atoms with Crippen LogP contribution >= 0.6 is 0 Å². The summed E-state index contributed by atoms with van der Waals surface area (Å²) in [7, 11) is 1.55. The molecule has 0 spiro atoms. The van der Waals surface area contributed by atoms with Gasteiger partial charge in [-0.2, -0.15) is 0 Å². The van der Waals surface area contributed by atoms with Gasteiger partial charge in [-0.3, -0.25) is 19.3 Å². The van der Waals surface area contributed by atoms with Crippen LogP contribution in [0.4, 0.5) is 11.4 Å². The first kappa shape index (κ1) is 20.4. The molecule has 0 radical (unpaired) electrons. The maximum Gasteiger partial charge on any atom is 0.268 e. The minimum Gasteiger partial charge on any atom is -0.479 e. The van der Waals surface area contributed by atoms with Gasteiger partial charge in [0.2, 0.25) is 11.8 Å². The Labute approximate surface area is 170 Å². The number of hydrogen-bond acceptors (Lipinski definition) is 4. The zero-order valence-corrected chi connectivity index (χ0v) is 16.8. The van der Waals surface area contributed by atoms with Crippen molar-refractivity contribution in [3.05, 3.63) is 54.1 Å². The van der Waals surface area contributed by atoms with E-state index in [1.165, 1.54) is 9.80 Å². The summed E-state index contributed by atoms with van der Waals surface area (Å²) in [4.78, 5) is 40.4. The van der Waals surface area contributed by atoms with Crippen molar-refractivity contribution < 1.29 is 19.1 Å². The molecule has 0 aliphatic carbocycles. The van der Waals surface area contributed by atoms with Gasteiger partial charge >= 0.3 is 0 Å². The van der Waals surface area contributed by atoms with Crippen molar-refractivity contribution in [2.24, 2.45) is 0 Å². The van der Waals surface area contributed by atoms with Gasteiger partial charge in [0.05, 0.1) is 12.2 Å². The van der Waals surface area contributed by atoms with Gasteiger partial charge in [0, 0.05) is 12.7 Å². The lowest BCUT2D eigenvalue weighted by Gasteiger charge is -2.33. The molecule has 2 aromatic rings. The molecule has 152 valence electrons. The van der Waals surface area contributed by atoms with Crippen LogP contribution < -0.4 is 15.0 Å². The van der Waals surface area contributed by atoms with Gasteiger partial charge in [-0.15, -0.1) is 0 Å². The Bertz CT molecular complexity index is 928. The quantitative estimate of drug-likeness (QED) is 0.815. The van der Waals surface area contributed by atoms with Crippen LogP contribution in [-0.2, 0) is 20.8 Å². The van der Waals surface area contributed by atoms with Crippen molar-refractivity contribution in [2.75, 3.05) is 30.4 Å². The van der Waals surface area contributed by atoms with Gasteiger partial charge in [0.1, 0.15) is 12.3 Å². The number of aryl methyl sites for hydroxylation is 1. The minimum atomic E-state index is -0.670. The van der Waals surface area contributed by atoms with Gasteiger partial charge in [0.25, 0.3) is 5.91 Å². The first-order valence-electron chi connectivity index (χ1n) is 9.59. The molecule has 1 N–H and O–H groups in total. The molecular weight excluding hydrogens is 370 g/mol. The highest BCUT2D eigenvalue weighted by Crippen LogP contribution is 2.33. The number of rotatable bonds is 6. The molecule has 0 unspecified atom stereocenters. The molecule has 3 rings (SSSR count). The molecule has 3 amide bonds. The molecule has 0 saturated carbocycles. The molecule has 1 atom stereocenters. The standard InChI is InChI=1S/C22H25N3O4/c1-4-16-9-5-6-10-17(16)23-20(26)13-24(3)21(27)14-25-18-11-7-8-12-19(18)29-15(2)22(25)28/h5-12,15H,4,13-14H2,1-3H3,(H,23,26)/t15-/m1/s1. The van der Waals surface area contributed by atoms with E-state index in [1.807, 2.05) is 37.3 Å². The fraction of sp³-hybridized carbons (Fsp3) is 0.318. The Morgan fingerprint density at radius 2 is 1.83 bits per heavy atom. The molecule has 7 nitrogen and oxygen atoms in total. The van der Waals surface area contributed by atoms with Crippen molar-refractivity contribution >= 4 is 29.1 Å². The molecular formula is C22H25N3O4. The van der Waals surface area contributed by atoms with E-state index >= 15 is 0 Å². The third kappa shape index (κ3) is 4.56. The number of amides is 3. The van der Waals surface area contributed by atoms with Crippen LogP contribution in [0.15, 0.2) is 48.5 Å². The molecule has 0 fully saturated rings. The summed E-state index contributed by atoms with van der Waals surface area (Å²) in [6.45, 7) is 3.41. The van der Waals surface area contributed by atoms with Crippen LogP contribution in [0.25, 0.3) is 0 Å². The summed E-state index contributed by atoms with van der Waals surface area (Å²) < 4.78 is 5.59. The number of fused-ring (bicyclic) bond motifs is 1. The van der Waals surface area contributed by atoms with Crippen LogP contribution in [0.2, 0.25) is 0 Å². The number of para-hydroxylation sites is 3. The lowest BCUT2D eigenvalue weighted by atomic mass is 10.1. The zero-order chi connectivity index (χ0) is 21.0. The van der Waals surface area contributed by atoms with E-state index in [-0.39, 0.29) is 30.8 Å². The number of carbonyl (C=O) groups is 3. The molecule has 2 aromatic carbocycles. The van der Waals surface area contributed by atoms with Gasteiger partial charge in [-0.05, 0) is 37.1 Å². The van der Waals surface area contributed by atoms with Crippen LogP contribution in [0.1, 0.15) is 19.4 Å². The molecule has 0 bridgehead atoms. The first-order chi connectivity index (χ1) is 13.9. The van der Waals surface area contributed by atoms with Crippen molar-refractivity contribution in [1.29, 1.82) is 0 Å². The van der Waals surface area contributed by atoms with E-state index in [2.05, 4.69) is 5.32 Å². The number of nitrogens with one attached hydrogen (secondary N) is 1. The van der Waals surface area contributed by atoms with Gasteiger partial charge in [0.15, 0.2) is 6.10 Å². The Kier molecular flexibility index (Phi) is 6.16. The van der Waals surface area contributed by atoms with Crippen molar-refractivity contribution in [3.63, 3.8) is 0 Å². The average Bonchev–Trinajstić information content (AvgIpc) is 2.71. The number of hydrogen-bond donors (Lipinski definition) is 1. The number of anilines is 2. The fourth-order valence-electron chi connectivity index (χ4n) is 3.22. The highest BCUT2D eigenvalue weighted by Gasteiger charge is 2.33. The van der Waals surface area contributed by atoms with Crippen LogP contribution in [-0.4, -0.2) is 48.9 Å². The van der Waals surface area contributed by atoms with Crippen molar-refractivity contribution in [3.8, 4) is 5.75 Å². The molecule has 1 aliphatic heterocycles. The second-order valence-electron chi connectivity index (χ2n) is 6.96.